The fourth-order valence-corrected chi connectivity index (χ4v) is 2.76. The van der Waals surface area contributed by atoms with E-state index < -0.39 is 11.7 Å². The first-order chi connectivity index (χ1) is 9.10. The van der Waals surface area contributed by atoms with Crippen molar-refractivity contribution in [3.63, 3.8) is 0 Å². The highest BCUT2D eigenvalue weighted by atomic mass is 32.1. The maximum atomic E-state index is 13.5. The molecule has 19 heavy (non-hydrogen) atoms. The first-order valence-corrected chi connectivity index (χ1v) is 7.21. The van der Waals surface area contributed by atoms with Gasteiger partial charge in [-0.05, 0) is 36.8 Å². The summed E-state index contributed by atoms with van der Waals surface area (Å²) in [4.78, 5) is 14.8. The number of rotatable bonds is 4. The van der Waals surface area contributed by atoms with Crippen LogP contribution in [0.4, 0.5) is 4.39 Å². The first-order valence-electron chi connectivity index (χ1n) is 5.94. The van der Waals surface area contributed by atoms with Crippen LogP contribution in [0.3, 0.4) is 0 Å². The summed E-state index contributed by atoms with van der Waals surface area (Å²) in [5.74, 6) is -0.949. The van der Waals surface area contributed by atoms with Crippen molar-refractivity contribution in [1.82, 2.24) is 5.32 Å². The Morgan fingerprint density at radius 1 is 1.32 bits per heavy atom. The minimum atomic E-state index is -0.532. The van der Waals surface area contributed by atoms with Gasteiger partial charge in [-0.15, -0.1) is 24.0 Å². The maximum absolute atomic E-state index is 13.5. The van der Waals surface area contributed by atoms with E-state index in [1.165, 1.54) is 23.1 Å². The molecule has 0 saturated carbocycles. The molecule has 1 amide bonds. The number of carbonyl (C=O) groups excluding carboxylic acids is 1. The van der Waals surface area contributed by atoms with E-state index in [0.717, 1.165) is 11.3 Å². The molecule has 0 aliphatic heterocycles. The summed E-state index contributed by atoms with van der Waals surface area (Å²) in [5.41, 5.74) is 0.0276. The molecule has 0 fully saturated rings. The zero-order valence-electron chi connectivity index (χ0n) is 10.4. The van der Waals surface area contributed by atoms with Gasteiger partial charge in [0.15, 0.2) is 0 Å². The molecule has 2 rings (SSSR count). The van der Waals surface area contributed by atoms with Crippen LogP contribution in [0, 0.1) is 5.82 Å². The van der Waals surface area contributed by atoms with Crippen LogP contribution in [0.2, 0.25) is 0 Å². The molecule has 1 heterocycles. The number of amides is 1. The number of thiol groups is 1. The van der Waals surface area contributed by atoms with Crippen molar-refractivity contribution in [3.05, 3.63) is 51.5 Å². The molecule has 2 nitrogen and oxygen atoms in total. The quantitative estimate of drug-likeness (QED) is 0.828. The van der Waals surface area contributed by atoms with E-state index in [1.807, 2.05) is 12.1 Å². The Morgan fingerprint density at radius 3 is 2.74 bits per heavy atom. The van der Waals surface area contributed by atoms with Gasteiger partial charge in [0.2, 0.25) is 0 Å². The van der Waals surface area contributed by atoms with Crippen molar-refractivity contribution in [3.8, 4) is 0 Å². The molecule has 0 bridgehead atoms. The molecule has 0 atom stereocenters. The Kier molecular flexibility index (Phi) is 4.61. The lowest BCUT2D eigenvalue weighted by molar-refractivity contribution is 0.0947. The molecule has 1 aromatic heterocycles. The highest BCUT2D eigenvalue weighted by molar-refractivity contribution is 7.80. The third kappa shape index (κ3) is 3.58. The summed E-state index contributed by atoms with van der Waals surface area (Å²) < 4.78 is 13.5. The molecule has 100 valence electrons. The highest BCUT2D eigenvalue weighted by Gasteiger charge is 2.12. The second-order valence-corrected chi connectivity index (χ2v) is 5.84. The molecule has 1 N–H and O–H groups in total. The van der Waals surface area contributed by atoms with Gasteiger partial charge >= 0.3 is 0 Å². The summed E-state index contributed by atoms with van der Waals surface area (Å²) in [5, 5.41) is 2.72. The van der Waals surface area contributed by atoms with Gasteiger partial charge in [0.25, 0.3) is 5.91 Å². The maximum Gasteiger partial charge on any atom is 0.254 e. The van der Waals surface area contributed by atoms with E-state index in [0.29, 0.717) is 11.4 Å². The van der Waals surface area contributed by atoms with Gasteiger partial charge in [0, 0.05) is 14.6 Å². The molecule has 5 heteroatoms. The number of thiophene rings is 1. The standard InChI is InChI=1S/C14H14FNOS2/c1-2-10-4-5-11(19-10)8-16-14(17)12-7-9(18)3-6-13(12)15/h3-7,18H,2,8H2,1H3,(H,16,17). The average Bonchev–Trinajstić information content (AvgIpc) is 2.87. The molecule has 0 aliphatic rings. The first kappa shape index (κ1) is 14.1. The van der Waals surface area contributed by atoms with Gasteiger partial charge in [0.1, 0.15) is 5.82 Å². The predicted octanol–water partition coefficient (Wildman–Crippen LogP) is 3.67. The van der Waals surface area contributed by atoms with Gasteiger partial charge in [-0.1, -0.05) is 6.92 Å². The Balaban J connectivity index is 2.03. The number of hydrogen-bond acceptors (Lipinski definition) is 3. The molecule has 0 spiro atoms. The van der Waals surface area contributed by atoms with Crippen LogP contribution in [0.15, 0.2) is 35.2 Å². The van der Waals surface area contributed by atoms with E-state index in [9.17, 15) is 9.18 Å². The molecule has 0 radical (unpaired) electrons. The lowest BCUT2D eigenvalue weighted by Crippen LogP contribution is -2.23. The fourth-order valence-electron chi connectivity index (χ4n) is 1.66. The molecule has 1 aromatic carbocycles. The lowest BCUT2D eigenvalue weighted by atomic mass is 10.2. The molecule has 0 saturated heterocycles. The van der Waals surface area contributed by atoms with Crippen LogP contribution < -0.4 is 5.32 Å². The largest absolute Gasteiger partial charge is 0.347 e. The van der Waals surface area contributed by atoms with Crippen molar-refractivity contribution in [1.29, 1.82) is 0 Å². The minimum absolute atomic E-state index is 0.0276. The minimum Gasteiger partial charge on any atom is -0.347 e. The third-order valence-corrected chi connectivity index (χ3v) is 4.19. The lowest BCUT2D eigenvalue weighted by Gasteiger charge is -2.05. The van der Waals surface area contributed by atoms with E-state index in [4.69, 9.17) is 0 Å². The van der Waals surface area contributed by atoms with Crippen LogP contribution in [0.25, 0.3) is 0 Å². The second kappa shape index (κ2) is 6.21. The summed E-state index contributed by atoms with van der Waals surface area (Å²) in [6, 6.07) is 8.22. The Morgan fingerprint density at radius 2 is 2.05 bits per heavy atom. The predicted molar refractivity (Wildman–Crippen MR) is 78.5 cm³/mol. The topological polar surface area (TPSA) is 29.1 Å². The zero-order chi connectivity index (χ0) is 13.8. The van der Waals surface area contributed by atoms with E-state index in [2.05, 4.69) is 24.9 Å². The second-order valence-electron chi connectivity index (χ2n) is 4.07. The van der Waals surface area contributed by atoms with Crippen molar-refractivity contribution in [2.75, 3.05) is 0 Å². The van der Waals surface area contributed by atoms with E-state index in [-0.39, 0.29) is 5.56 Å². The monoisotopic (exact) mass is 295 g/mol. The van der Waals surface area contributed by atoms with Gasteiger partial charge < -0.3 is 5.32 Å². The van der Waals surface area contributed by atoms with E-state index >= 15 is 0 Å². The molecular formula is C14H14FNOS2. The number of benzene rings is 1. The van der Waals surface area contributed by atoms with Crippen LogP contribution >= 0.6 is 24.0 Å². The normalized spacial score (nSPS) is 10.5. The third-order valence-electron chi connectivity index (χ3n) is 2.68. The molecule has 0 unspecified atom stereocenters. The van der Waals surface area contributed by atoms with E-state index in [1.54, 1.807) is 11.3 Å². The zero-order valence-corrected chi connectivity index (χ0v) is 12.2. The van der Waals surface area contributed by atoms with Gasteiger partial charge in [0.05, 0.1) is 12.1 Å². The average molecular weight is 295 g/mol. The molecule has 2 aromatic rings. The Bertz CT molecular complexity index is 595. The summed E-state index contributed by atoms with van der Waals surface area (Å²) in [6.45, 7) is 2.50. The van der Waals surface area contributed by atoms with Crippen LogP contribution in [-0.2, 0) is 13.0 Å². The number of nitrogens with one attached hydrogen (secondary N) is 1. The summed E-state index contributed by atoms with van der Waals surface area (Å²) >= 11 is 5.76. The summed E-state index contributed by atoms with van der Waals surface area (Å²) in [7, 11) is 0. The Hall–Kier alpha value is -1.33. The van der Waals surface area contributed by atoms with Crippen LogP contribution in [-0.4, -0.2) is 5.91 Å². The fraction of sp³-hybridized carbons (Fsp3) is 0.214. The number of carbonyl (C=O) groups is 1. The van der Waals surface area contributed by atoms with Crippen molar-refractivity contribution >= 4 is 29.9 Å². The smallest absolute Gasteiger partial charge is 0.254 e. The van der Waals surface area contributed by atoms with Crippen molar-refractivity contribution in [2.45, 2.75) is 24.8 Å². The number of aryl methyl sites for hydroxylation is 1. The van der Waals surface area contributed by atoms with Gasteiger partial charge in [-0.25, -0.2) is 4.39 Å². The van der Waals surface area contributed by atoms with Crippen molar-refractivity contribution < 1.29 is 9.18 Å². The Labute approximate surface area is 121 Å². The van der Waals surface area contributed by atoms with Crippen LogP contribution in [0.1, 0.15) is 27.0 Å². The molecular weight excluding hydrogens is 281 g/mol. The molecule has 0 aliphatic carbocycles. The van der Waals surface area contributed by atoms with Gasteiger partial charge in [-0.3, -0.25) is 4.79 Å². The summed E-state index contributed by atoms with van der Waals surface area (Å²) in [6.07, 6.45) is 0.981. The van der Waals surface area contributed by atoms with Crippen LogP contribution in [0.5, 0.6) is 0 Å². The van der Waals surface area contributed by atoms with Crippen molar-refractivity contribution in [2.24, 2.45) is 0 Å². The number of hydrogen-bond donors (Lipinski definition) is 2. The van der Waals surface area contributed by atoms with Gasteiger partial charge in [-0.2, -0.15) is 0 Å². The highest BCUT2D eigenvalue weighted by Crippen LogP contribution is 2.17. The SMILES string of the molecule is CCc1ccc(CNC(=O)c2cc(S)ccc2F)s1. The number of halogens is 1.